The number of fused-ring (bicyclic) bond motifs is 3. The summed E-state index contributed by atoms with van der Waals surface area (Å²) in [7, 11) is 0. The Morgan fingerprint density at radius 3 is 2.77 bits per heavy atom. The Hall–Kier alpha value is -2.49. The number of aromatic nitrogens is 1. The van der Waals surface area contributed by atoms with Gasteiger partial charge in [-0.25, -0.2) is 4.98 Å². The molecule has 4 heteroatoms. The Morgan fingerprint density at radius 1 is 1.14 bits per heavy atom. The molecule has 2 aromatic heterocycles. The molecule has 0 amide bonds. The monoisotopic (exact) mass is 293 g/mol. The van der Waals surface area contributed by atoms with Gasteiger partial charge >= 0.3 is 0 Å². The molecule has 0 unspecified atom stereocenters. The van der Waals surface area contributed by atoms with Crippen molar-refractivity contribution in [1.29, 1.82) is 0 Å². The number of furan rings is 1. The second kappa shape index (κ2) is 4.77. The lowest BCUT2D eigenvalue weighted by Gasteiger charge is -2.25. The van der Waals surface area contributed by atoms with Crippen LogP contribution in [-0.4, -0.2) is 22.6 Å². The summed E-state index contributed by atoms with van der Waals surface area (Å²) >= 11 is 0. The van der Waals surface area contributed by atoms with E-state index in [0.717, 1.165) is 28.7 Å². The molecule has 1 aliphatic heterocycles. The first-order chi connectivity index (χ1) is 10.6. The molecule has 3 heterocycles. The van der Waals surface area contributed by atoms with Crippen molar-refractivity contribution in [3.8, 4) is 0 Å². The number of benzene rings is 1. The maximum Gasteiger partial charge on any atom is 0.227 e. The van der Waals surface area contributed by atoms with Gasteiger partial charge in [0, 0.05) is 35.4 Å². The smallest absolute Gasteiger partial charge is 0.227 e. The number of hydrogen-bond donors (Lipinski definition) is 0. The van der Waals surface area contributed by atoms with E-state index in [-0.39, 0.29) is 0 Å². The van der Waals surface area contributed by atoms with Crippen molar-refractivity contribution in [2.45, 2.75) is 26.8 Å². The zero-order chi connectivity index (χ0) is 15.3. The van der Waals surface area contributed by atoms with Crippen LogP contribution in [0.15, 0.2) is 47.3 Å². The summed E-state index contributed by atoms with van der Waals surface area (Å²) in [4.78, 5) is 8.90. The maximum atomic E-state index is 6.07. The van der Waals surface area contributed by atoms with Crippen LogP contribution in [0.5, 0.6) is 0 Å². The number of rotatable bonds is 2. The standard InChI is InChI=1S/C18H19N3O/c1-12(2)20-9-10-21(11-20)16-13(3)6-7-14-15-5-4-8-19-18(15)22-17(14)16/h4-10,12H,11H2,1-3H3. The van der Waals surface area contributed by atoms with E-state index in [0.29, 0.717) is 11.8 Å². The van der Waals surface area contributed by atoms with Crippen LogP contribution in [0.1, 0.15) is 19.4 Å². The number of pyridine rings is 1. The van der Waals surface area contributed by atoms with Gasteiger partial charge in [0.05, 0.1) is 12.4 Å². The van der Waals surface area contributed by atoms with E-state index in [1.54, 1.807) is 6.20 Å². The van der Waals surface area contributed by atoms with Gasteiger partial charge in [-0.3, -0.25) is 0 Å². The molecule has 0 saturated heterocycles. The largest absolute Gasteiger partial charge is 0.435 e. The van der Waals surface area contributed by atoms with Gasteiger partial charge in [0.2, 0.25) is 5.71 Å². The lowest BCUT2D eigenvalue weighted by Crippen LogP contribution is -2.30. The minimum absolute atomic E-state index is 0.484. The highest BCUT2D eigenvalue weighted by Gasteiger charge is 2.22. The summed E-state index contributed by atoms with van der Waals surface area (Å²) in [5.41, 5.74) is 3.97. The third-order valence-electron chi connectivity index (χ3n) is 4.30. The number of anilines is 1. The van der Waals surface area contributed by atoms with Crippen LogP contribution < -0.4 is 4.90 Å². The molecule has 22 heavy (non-hydrogen) atoms. The van der Waals surface area contributed by atoms with Crippen LogP contribution in [0.25, 0.3) is 22.1 Å². The summed E-state index contributed by atoms with van der Waals surface area (Å²) in [6, 6.07) is 8.78. The van der Waals surface area contributed by atoms with E-state index in [1.165, 1.54) is 5.56 Å². The fraction of sp³-hybridized carbons (Fsp3) is 0.278. The van der Waals surface area contributed by atoms with Gasteiger partial charge in [-0.05, 0) is 38.5 Å². The minimum Gasteiger partial charge on any atom is -0.435 e. The number of hydrogen-bond acceptors (Lipinski definition) is 4. The first-order valence-corrected chi connectivity index (χ1v) is 7.62. The molecule has 0 radical (unpaired) electrons. The number of nitrogens with zero attached hydrogens (tertiary/aromatic N) is 3. The Morgan fingerprint density at radius 2 is 2.00 bits per heavy atom. The van der Waals surface area contributed by atoms with E-state index in [1.807, 2.05) is 6.07 Å². The summed E-state index contributed by atoms with van der Waals surface area (Å²) in [5, 5.41) is 2.20. The van der Waals surface area contributed by atoms with Gasteiger partial charge < -0.3 is 14.2 Å². The Kier molecular flexibility index (Phi) is 2.86. The molecular formula is C18H19N3O. The van der Waals surface area contributed by atoms with Gasteiger partial charge in [0.1, 0.15) is 0 Å². The quantitative estimate of drug-likeness (QED) is 0.707. The van der Waals surface area contributed by atoms with Crippen molar-refractivity contribution < 1.29 is 4.42 Å². The van der Waals surface area contributed by atoms with Crippen molar-refractivity contribution >= 4 is 27.8 Å². The second-order valence-corrected chi connectivity index (χ2v) is 6.08. The third kappa shape index (κ3) is 1.87. The van der Waals surface area contributed by atoms with Crippen LogP contribution in [0.2, 0.25) is 0 Å². The molecule has 0 fully saturated rings. The van der Waals surface area contributed by atoms with Gasteiger partial charge in [-0.1, -0.05) is 12.1 Å². The summed E-state index contributed by atoms with van der Waals surface area (Å²) in [6.45, 7) is 7.38. The SMILES string of the molecule is Cc1ccc2c(oc3ncccc32)c1N1C=CN(C(C)C)C1. The fourth-order valence-corrected chi connectivity index (χ4v) is 3.03. The Bertz CT molecular complexity index is 879. The molecule has 0 saturated carbocycles. The predicted molar refractivity (Wildman–Crippen MR) is 89.7 cm³/mol. The molecule has 1 aliphatic rings. The number of aryl methyl sites for hydroxylation is 1. The topological polar surface area (TPSA) is 32.5 Å². The van der Waals surface area contributed by atoms with Gasteiger partial charge in [-0.2, -0.15) is 0 Å². The van der Waals surface area contributed by atoms with Crippen molar-refractivity contribution in [2.75, 3.05) is 11.6 Å². The van der Waals surface area contributed by atoms with Crippen molar-refractivity contribution in [1.82, 2.24) is 9.88 Å². The molecular weight excluding hydrogens is 274 g/mol. The predicted octanol–water partition coefficient (Wildman–Crippen LogP) is 4.25. The van der Waals surface area contributed by atoms with Crippen LogP contribution in [0, 0.1) is 6.92 Å². The van der Waals surface area contributed by atoms with E-state index < -0.39 is 0 Å². The first-order valence-electron chi connectivity index (χ1n) is 7.62. The third-order valence-corrected chi connectivity index (χ3v) is 4.30. The van der Waals surface area contributed by atoms with E-state index in [4.69, 9.17) is 4.42 Å². The normalized spacial score (nSPS) is 14.9. The molecule has 0 atom stereocenters. The van der Waals surface area contributed by atoms with E-state index in [9.17, 15) is 0 Å². The van der Waals surface area contributed by atoms with Crippen molar-refractivity contribution in [3.63, 3.8) is 0 Å². The zero-order valence-corrected chi connectivity index (χ0v) is 13.1. The highest BCUT2D eigenvalue weighted by atomic mass is 16.3. The Labute approximate surface area is 129 Å². The molecule has 0 bridgehead atoms. The molecule has 0 spiro atoms. The van der Waals surface area contributed by atoms with Crippen LogP contribution in [0.4, 0.5) is 5.69 Å². The van der Waals surface area contributed by atoms with Crippen LogP contribution >= 0.6 is 0 Å². The zero-order valence-electron chi connectivity index (χ0n) is 13.1. The second-order valence-electron chi connectivity index (χ2n) is 6.08. The van der Waals surface area contributed by atoms with E-state index in [2.05, 4.69) is 66.2 Å². The Balaban J connectivity index is 1.90. The van der Waals surface area contributed by atoms with E-state index >= 15 is 0 Å². The molecule has 3 aromatic rings. The molecule has 4 rings (SSSR count). The minimum atomic E-state index is 0.484. The molecule has 0 N–H and O–H groups in total. The lowest BCUT2D eigenvalue weighted by atomic mass is 10.1. The average molecular weight is 293 g/mol. The average Bonchev–Trinajstić information content (AvgIpc) is 3.11. The molecule has 0 aliphatic carbocycles. The fourth-order valence-electron chi connectivity index (χ4n) is 3.03. The van der Waals surface area contributed by atoms with Crippen LogP contribution in [0.3, 0.4) is 0 Å². The van der Waals surface area contributed by atoms with Crippen molar-refractivity contribution in [2.24, 2.45) is 0 Å². The van der Waals surface area contributed by atoms with Crippen molar-refractivity contribution in [3.05, 3.63) is 48.4 Å². The molecule has 1 aromatic carbocycles. The summed E-state index contributed by atoms with van der Waals surface area (Å²) < 4.78 is 6.07. The van der Waals surface area contributed by atoms with Gasteiger partial charge in [0.15, 0.2) is 5.58 Å². The molecule has 112 valence electrons. The first kappa shape index (κ1) is 13.2. The lowest BCUT2D eigenvalue weighted by molar-refractivity contribution is 0.336. The maximum absolute atomic E-state index is 6.07. The van der Waals surface area contributed by atoms with Gasteiger partial charge in [0.25, 0.3) is 0 Å². The summed E-state index contributed by atoms with van der Waals surface area (Å²) in [6.07, 6.45) is 6.04. The highest BCUT2D eigenvalue weighted by molar-refractivity contribution is 6.08. The molecule has 4 nitrogen and oxygen atoms in total. The summed E-state index contributed by atoms with van der Waals surface area (Å²) in [5.74, 6) is 0. The highest BCUT2D eigenvalue weighted by Crippen LogP contribution is 2.37. The van der Waals surface area contributed by atoms with Gasteiger partial charge in [-0.15, -0.1) is 0 Å². The van der Waals surface area contributed by atoms with Crippen LogP contribution in [-0.2, 0) is 0 Å².